The molecule has 0 aliphatic carbocycles. The molecular formula is C13H18N4. The van der Waals surface area contributed by atoms with E-state index >= 15 is 0 Å². The Morgan fingerprint density at radius 2 is 1.94 bits per heavy atom. The minimum absolute atomic E-state index is 0.149. The van der Waals surface area contributed by atoms with Crippen LogP contribution in [0.5, 0.6) is 0 Å². The van der Waals surface area contributed by atoms with Crippen LogP contribution in [0.3, 0.4) is 0 Å². The zero-order chi connectivity index (χ0) is 12.3. The number of nitrogens with one attached hydrogen (secondary N) is 1. The lowest BCUT2D eigenvalue weighted by molar-refractivity contribution is 0.600. The van der Waals surface area contributed by atoms with Gasteiger partial charge in [-0.3, -0.25) is 4.98 Å². The van der Waals surface area contributed by atoms with E-state index in [2.05, 4.69) is 40.6 Å². The minimum Gasteiger partial charge on any atom is -0.348 e. The zero-order valence-electron chi connectivity index (χ0n) is 10.5. The van der Waals surface area contributed by atoms with E-state index in [0.29, 0.717) is 6.04 Å². The molecule has 0 aromatic carbocycles. The standard InChI is InChI=1S/C13H18N4/c1-10(2)17-9-8-15-13(17)16-11(3)12-6-4-5-7-14-12/h4-11H,1-3H3,(H,15,16). The highest BCUT2D eigenvalue weighted by molar-refractivity contribution is 5.30. The highest BCUT2D eigenvalue weighted by Crippen LogP contribution is 2.18. The average Bonchev–Trinajstić information content (AvgIpc) is 2.78. The summed E-state index contributed by atoms with van der Waals surface area (Å²) >= 11 is 0. The number of hydrogen-bond acceptors (Lipinski definition) is 3. The molecule has 0 radical (unpaired) electrons. The molecule has 0 saturated heterocycles. The molecule has 1 atom stereocenters. The monoisotopic (exact) mass is 230 g/mol. The van der Waals surface area contributed by atoms with Gasteiger partial charge in [-0.1, -0.05) is 6.07 Å². The van der Waals surface area contributed by atoms with Crippen molar-refractivity contribution in [1.29, 1.82) is 0 Å². The van der Waals surface area contributed by atoms with Crippen LogP contribution in [0.15, 0.2) is 36.8 Å². The fourth-order valence-electron chi connectivity index (χ4n) is 1.74. The molecule has 1 unspecified atom stereocenters. The molecule has 17 heavy (non-hydrogen) atoms. The third kappa shape index (κ3) is 2.64. The predicted molar refractivity (Wildman–Crippen MR) is 68.9 cm³/mol. The number of pyridine rings is 1. The summed E-state index contributed by atoms with van der Waals surface area (Å²) in [5.41, 5.74) is 1.02. The molecule has 2 heterocycles. The molecule has 4 heteroatoms. The van der Waals surface area contributed by atoms with Crippen molar-refractivity contribution in [1.82, 2.24) is 14.5 Å². The third-order valence-corrected chi connectivity index (χ3v) is 2.70. The van der Waals surface area contributed by atoms with Gasteiger partial charge in [0.05, 0.1) is 11.7 Å². The molecule has 2 aromatic rings. The van der Waals surface area contributed by atoms with E-state index < -0.39 is 0 Å². The second-order valence-electron chi connectivity index (χ2n) is 4.37. The van der Waals surface area contributed by atoms with Crippen molar-refractivity contribution >= 4 is 5.95 Å². The van der Waals surface area contributed by atoms with Gasteiger partial charge in [-0.25, -0.2) is 4.98 Å². The second kappa shape index (κ2) is 4.99. The smallest absolute Gasteiger partial charge is 0.203 e. The summed E-state index contributed by atoms with van der Waals surface area (Å²) in [5.74, 6) is 0.887. The van der Waals surface area contributed by atoms with Crippen molar-refractivity contribution in [2.45, 2.75) is 32.9 Å². The first-order valence-electron chi connectivity index (χ1n) is 5.89. The Kier molecular flexibility index (Phi) is 3.42. The minimum atomic E-state index is 0.149. The lowest BCUT2D eigenvalue weighted by atomic mass is 10.2. The Balaban J connectivity index is 2.13. The number of rotatable bonds is 4. The van der Waals surface area contributed by atoms with Crippen molar-refractivity contribution < 1.29 is 0 Å². The lowest BCUT2D eigenvalue weighted by Gasteiger charge is -2.17. The van der Waals surface area contributed by atoms with Gasteiger partial charge in [0.25, 0.3) is 0 Å². The van der Waals surface area contributed by atoms with Crippen molar-refractivity contribution in [3.05, 3.63) is 42.5 Å². The maximum atomic E-state index is 4.33. The van der Waals surface area contributed by atoms with Gasteiger partial charge < -0.3 is 9.88 Å². The molecule has 0 aliphatic heterocycles. The Labute approximate surface area is 102 Å². The Bertz CT molecular complexity index is 461. The molecule has 90 valence electrons. The molecule has 0 saturated carbocycles. The van der Waals surface area contributed by atoms with Crippen molar-refractivity contribution in [2.75, 3.05) is 5.32 Å². The first-order chi connectivity index (χ1) is 8.18. The van der Waals surface area contributed by atoms with Gasteiger partial charge in [-0.05, 0) is 32.9 Å². The molecular weight excluding hydrogens is 212 g/mol. The average molecular weight is 230 g/mol. The first kappa shape index (κ1) is 11.6. The van der Waals surface area contributed by atoms with Gasteiger partial charge in [0, 0.05) is 24.6 Å². The number of nitrogens with zero attached hydrogens (tertiary/aromatic N) is 3. The molecule has 2 rings (SSSR count). The Morgan fingerprint density at radius 3 is 2.59 bits per heavy atom. The SMILES string of the molecule is CC(Nc1nccn1C(C)C)c1ccccn1. The quantitative estimate of drug-likeness (QED) is 0.877. The van der Waals surface area contributed by atoms with E-state index in [-0.39, 0.29) is 6.04 Å². The van der Waals surface area contributed by atoms with E-state index in [4.69, 9.17) is 0 Å². The van der Waals surface area contributed by atoms with Crippen molar-refractivity contribution in [3.8, 4) is 0 Å². The summed E-state index contributed by atoms with van der Waals surface area (Å²) in [7, 11) is 0. The molecule has 0 aliphatic rings. The molecule has 0 fully saturated rings. The van der Waals surface area contributed by atoms with Crippen LogP contribution >= 0.6 is 0 Å². The van der Waals surface area contributed by atoms with E-state index in [1.807, 2.05) is 36.8 Å². The summed E-state index contributed by atoms with van der Waals surface area (Å²) in [6, 6.07) is 6.48. The first-order valence-corrected chi connectivity index (χ1v) is 5.89. The number of imidazole rings is 1. The van der Waals surface area contributed by atoms with E-state index in [9.17, 15) is 0 Å². The van der Waals surface area contributed by atoms with Crippen LogP contribution in [0.1, 0.15) is 38.5 Å². The maximum Gasteiger partial charge on any atom is 0.203 e. The van der Waals surface area contributed by atoms with Crippen LogP contribution < -0.4 is 5.32 Å². The van der Waals surface area contributed by atoms with Crippen molar-refractivity contribution in [2.24, 2.45) is 0 Å². The molecule has 0 bridgehead atoms. The second-order valence-corrected chi connectivity index (χ2v) is 4.37. The summed E-state index contributed by atoms with van der Waals surface area (Å²) in [6.45, 7) is 6.36. The fraction of sp³-hybridized carbons (Fsp3) is 0.385. The molecule has 1 N–H and O–H groups in total. The molecule has 2 aromatic heterocycles. The van der Waals surface area contributed by atoms with Gasteiger partial charge in [-0.15, -0.1) is 0 Å². The molecule has 0 amide bonds. The van der Waals surface area contributed by atoms with Crippen LogP contribution in [0.2, 0.25) is 0 Å². The normalized spacial score (nSPS) is 12.7. The van der Waals surface area contributed by atoms with Gasteiger partial charge >= 0.3 is 0 Å². The van der Waals surface area contributed by atoms with Gasteiger partial charge in [-0.2, -0.15) is 0 Å². The van der Waals surface area contributed by atoms with E-state index in [0.717, 1.165) is 11.6 Å². The van der Waals surface area contributed by atoms with Gasteiger partial charge in [0.2, 0.25) is 5.95 Å². The van der Waals surface area contributed by atoms with Crippen molar-refractivity contribution in [3.63, 3.8) is 0 Å². The number of aromatic nitrogens is 3. The maximum absolute atomic E-state index is 4.33. The zero-order valence-corrected chi connectivity index (χ0v) is 10.5. The Hall–Kier alpha value is -1.84. The number of hydrogen-bond donors (Lipinski definition) is 1. The highest BCUT2D eigenvalue weighted by atomic mass is 15.2. The largest absolute Gasteiger partial charge is 0.348 e. The van der Waals surface area contributed by atoms with Crippen LogP contribution in [0.4, 0.5) is 5.95 Å². The third-order valence-electron chi connectivity index (χ3n) is 2.70. The van der Waals surface area contributed by atoms with Gasteiger partial charge in [0.1, 0.15) is 0 Å². The summed E-state index contributed by atoms with van der Waals surface area (Å²) in [5, 5.41) is 3.38. The molecule has 0 spiro atoms. The van der Waals surface area contributed by atoms with Crippen LogP contribution in [0.25, 0.3) is 0 Å². The van der Waals surface area contributed by atoms with E-state index in [1.54, 1.807) is 0 Å². The van der Waals surface area contributed by atoms with Crippen LogP contribution in [-0.2, 0) is 0 Å². The van der Waals surface area contributed by atoms with E-state index in [1.165, 1.54) is 0 Å². The predicted octanol–water partition coefficient (Wildman–Crippen LogP) is 3.03. The summed E-state index contributed by atoms with van der Waals surface area (Å²) in [4.78, 5) is 8.66. The topological polar surface area (TPSA) is 42.7 Å². The number of anilines is 1. The summed E-state index contributed by atoms with van der Waals surface area (Å²) < 4.78 is 2.11. The van der Waals surface area contributed by atoms with Gasteiger partial charge in [0.15, 0.2) is 0 Å². The Morgan fingerprint density at radius 1 is 1.12 bits per heavy atom. The van der Waals surface area contributed by atoms with Crippen LogP contribution in [-0.4, -0.2) is 14.5 Å². The molecule has 4 nitrogen and oxygen atoms in total. The highest BCUT2D eigenvalue weighted by Gasteiger charge is 2.11. The fourth-order valence-corrected chi connectivity index (χ4v) is 1.74. The summed E-state index contributed by atoms with van der Waals surface area (Å²) in [6.07, 6.45) is 5.61. The van der Waals surface area contributed by atoms with Crippen LogP contribution in [0, 0.1) is 0 Å². The lowest BCUT2D eigenvalue weighted by Crippen LogP contribution is -2.13.